The van der Waals surface area contributed by atoms with Gasteiger partial charge in [-0.1, -0.05) is 12.1 Å². The van der Waals surface area contributed by atoms with Crippen LogP contribution in [0.15, 0.2) is 55.1 Å². The van der Waals surface area contributed by atoms with Gasteiger partial charge in [-0.2, -0.15) is 0 Å². The zero-order valence-corrected chi connectivity index (χ0v) is 23.8. The number of hydrogen-bond donors (Lipinski definition) is 2. The molecule has 1 amide bonds. The Labute approximate surface area is 238 Å². The molecule has 3 aromatic heterocycles. The third kappa shape index (κ3) is 6.09. The number of carbonyl (C=O) groups excluding carboxylic acids is 1. The minimum Gasteiger partial charge on any atom is -0.377 e. The van der Waals surface area contributed by atoms with Crippen molar-refractivity contribution in [1.29, 1.82) is 0 Å². The molecule has 1 saturated heterocycles. The molecule has 41 heavy (non-hydrogen) atoms. The molecule has 0 bridgehead atoms. The predicted octanol–water partition coefficient (Wildman–Crippen LogP) is 3.33. The first kappa shape index (κ1) is 28.7. The fraction of sp³-hybridized carbons (Fsp3) is 0.321. The highest BCUT2D eigenvalue weighted by atomic mass is 31.0. The van der Waals surface area contributed by atoms with E-state index in [1.54, 1.807) is 35.4 Å². The molecule has 3 N–H and O–H groups in total. The van der Waals surface area contributed by atoms with Crippen molar-refractivity contribution in [3.63, 3.8) is 0 Å². The van der Waals surface area contributed by atoms with Gasteiger partial charge in [0.1, 0.15) is 23.0 Å². The summed E-state index contributed by atoms with van der Waals surface area (Å²) >= 11 is 0. The minimum atomic E-state index is -0.748. The Kier molecular flexibility index (Phi) is 8.63. The molecule has 0 saturated carbocycles. The Bertz CT molecular complexity index is 1500. The second-order valence-electron chi connectivity index (χ2n) is 9.97. The number of ether oxygens (including phenoxy) is 1. The smallest absolute Gasteiger partial charge is 0.274 e. The highest BCUT2D eigenvalue weighted by molar-refractivity contribution is 7.28. The van der Waals surface area contributed by atoms with Gasteiger partial charge in [0, 0.05) is 43.7 Å². The number of pyridine rings is 2. The first-order valence-electron chi connectivity index (χ1n) is 13.2. The van der Waals surface area contributed by atoms with E-state index < -0.39 is 17.5 Å². The van der Waals surface area contributed by atoms with Crippen LogP contribution in [0.3, 0.4) is 0 Å². The molecule has 4 heterocycles. The normalized spacial score (nSPS) is 18.9. The second-order valence-corrected chi connectivity index (χ2v) is 10.6. The number of amides is 1. The molecule has 4 unspecified atom stereocenters. The number of rotatable bonds is 8. The van der Waals surface area contributed by atoms with Crippen LogP contribution >= 0.6 is 9.24 Å². The van der Waals surface area contributed by atoms with E-state index in [0.29, 0.717) is 36.3 Å². The first-order chi connectivity index (χ1) is 19.8. The van der Waals surface area contributed by atoms with Gasteiger partial charge in [-0.15, -0.1) is 14.3 Å². The molecule has 4 atom stereocenters. The standard InChI is InChI=1S/C28H31F2N8O2P/c1-3-40-15-17-10-19(30)25(24(41)11-17)26-18(29)4-5-21(34-26)28(39)35-22-12-32-7-6-23(22)37-13-16(2)27(20(31)14-37)38-9-8-33-36-38/h4-12,16,20,27H,3,13-15,31,41H2,1-2H3,(H,35,39). The Hall–Kier alpha value is -3.86. The van der Waals surface area contributed by atoms with E-state index in [-0.39, 0.29) is 41.6 Å². The molecule has 0 aliphatic carbocycles. The highest BCUT2D eigenvalue weighted by Gasteiger charge is 2.35. The number of benzene rings is 1. The number of hydrogen-bond acceptors (Lipinski definition) is 8. The number of nitrogens with one attached hydrogen (secondary N) is 1. The molecule has 0 radical (unpaired) electrons. The monoisotopic (exact) mass is 580 g/mol. The van der Waals surface area contributed by atoms with Crippen molar-refractivity contribution in [2.75, 3.05) is 29.9 Å². The van der Waals surface area contributed by atoms with Gasteiger partial charge in [-0.3, -0.25) is 9.78 Å². The number of halogens is 2. The zero-order chi connectivity index (χ0) is 29.1. The van der Waals surface area contributed by atoms with Crippen molar-refractivity contribution in [1.82, 2.24) is 25.0 Å². The van der Waals surface area contributed by atoms with Crippen LogP contribution in [-0.2, 0) is 11.3 Å². The average Bonchev–Trinajstić information content (AvgIpc) is 3.47. The van der Waals surface area contributed by atoms with E-state index in [2.05, 4.69) is 46.7 Å². The van der Waals surface area contributed by atoms with Gasteiger partial charge < -0.3 is 20.7 Å². The maximum absolute atomic E-state index is 15.1. The highest BCUT2D eigenvalue weighted by Crippen LogP contribution is 2.33. The summed E-state index contributed by atoms with van der Waals surface area (Å²) in [4.78, 5) is 23.8. The Balaban J connectivity index is 1.38. The van der Waals surface area contributed by atoms with Crippen molar-refractivity contribution in [2.45, 2.75) is 32.5 Å². The molecule has 1 fully saturated rings. The number of aromatic nitrogens is 5. The fourth-order valence-corrected chi connectivity index (χ4v) is 5.76. The zero-order valence-electron chi connectivity index (χ0n) is 22.7. The van der Waals surface area contributed by atoms with E-state index in [4.69, 9.17) is 10.5 Å². The van der Waals surface area contributed by atoms with Crippen LogP contribution in [0.25, 0.3) is 11.3 Å². The SMILES string of the molecule is CCOCc1cc(F)c(-c2nc(C(=O)Nc3cnccc3N3CC(C)C(n4ccnn4)C(N)C3)ccc2F)c(P)c1. The van der Waals surface area contributed by atoms with Gasteiger partial charge in [-0.25, -0.2) is 18.4 Å². The molecule has 13 heteroatoms. The Morgan fingerprint density at radius 1 is 1.20 bits per heavy atom. The van der Waals surface area contributed by atoms with Crippen LogP contribution in [0.4, 0.5) is 20.2 Å². The summed E-state index contributed by atoms with van der Waals surface area (Å²) in [5.41, 5.74) is 7.97. The van der Waals surface area contributed by atoms with E-state index in [1.165, 1.54) is 18.3 Å². The predicted molar refractivity (Wildman–Crippen MR) is 155 cm³/mol. The summed E-state index contributed by atoms with van der Waals surface area (Å²) in [6.07, 6.45) is 6.61. The first-order valence-corrected chi connectivity index (χ1v) is 13.8. The summed E-state index contributed by atoms with van der Waals surface area (Å²) in [7, 11) is 2.40. The second kappa shape index (κ2) is 12.3. The molecule has 1 aliphatic rings. The summed E-state index contributed by atoms with van der Waals surface area (Å²) in [5, 5.41) is 11.3. The number of nitrogens with two attached hydrogens (primary N) is 1. The van der Waals surface area contributed by atoms with Gasteiger partial charge in [0.15, 0.2) is 0 Å². The van der Waals surface area contributed by atoms with Crippen LogP contribution in [0.1, 0.15) is 35.9 Å². The number of anilines is 2. The maximum Gasteiger partial charge on any atom is 0.274 e. The Morgan fingerprint density at radius 2 is 2.02 bits per heavy atom. The van der Waals surface area contributed by atoms with Crippen molar-refractivity contribution in [2.24, 2.45) is 11.7 Å². The van der Waals surface area contributed by atoms with Crippen molar-refractivity contribution in [3.05, 3.63) is 78.0 Å². The van der Waals surface area contributed by atoms with E-state index in [9.17, 15) is 9.18 Å². The third-order valence-corrected chi connectivity index (χ3v) is 7.52. The average molecular weight is 581 g/mol. The molecule has 5 rings (SSSR count). The molecule has 1 aliphatic heterocycles. The van der Waals surface area contributed by atoms with Crippen LogP contribution < -0.4 is 21.3 Å². The lowest BCUT2D eigenvalue weighted by Crippen LogP contribution is -2.53. The van der Waals surface area contributed by atoms with E-state index in [1.807, 2.05) is 6.92 Å². The molecule has 214 valence electrons. The van der Waals surface area contributed by atoms with Gasteiger partial charge in [0.25, 0.3) is 5.91 Å². The molecule has 4 aromatic rings. The van der Waals surface area contributed by atoms with Crippen LogP contribution in [0.2, 0.25) is 0 Å². The molecule has 1 aromatic carbocycles. The van der Waals surface area contributed by atoms with E-state index >= 15 is 4.39 Å². The van der Waals surface area contributed by atoms with E-state index in [0.717, 1.165) is 11.8 Å². The topological polar surface area (TPSA) is 124 Å². The molecule has 0 spiro atoms. The van der Waals surface area contributed by atoms with Gasteiger partial charge >= 0.3 is 0 Å². The van der Waals surface area contributed by atoms with Crippen molar-refractivity contribution >= 4 is 31.8 Å². The van der Waals surface area contributed by atoms with Gasteiger partial charge in [-0.05, 0) is 54.0 Å². The summed E-state index contributed by atoms with van der Waals surface area (Å²) in [6.45, 7) is 5.80. The minimum absolute atomic E-state index is 0.0225. The van der Waals surface area contributed by atoms with Gasteiger partial charge in [0.05, 0.1) is 36.4 Å². The molecular formula is C28H31F2N8O2P. The lowest BCUT2D eigenvalue weighted by atomic mass is 9.90. The van der Waals surface area contributed by atoms with Crippen LogP contribution in [0.5, 0.6) is 0 Å². The fourth-order valence-electron chi connectivity index (χ4n) is 5.27. The summed E-state index contributed by atoms with van der Waals surface area (Å²) in [6, 6.07) is 6.87. The lowest BCUT2D eigenvalue weighted by Gasteiger charge is -2.42. The molecular weight excluding hydrogens is 549 g/mol. The Morgan fingerprint density at radius 3 is 2.73 bits per heavy atom. The number of carbonyl (C=O) groups is 1. The number of piperidine rings is 1. The summed E-state index contributed by atoms with van der Waals surface area (Å²) in [5.74, 6) is -1.86. The van der Waals surface area contributed by atoms with Crippen molar-refractivity contribution < 1.29 is 18.3 Å². The third-order valence-electron chi connectivity index (χ3n) is 7.06. The van der Waals surface area contributed by atoms with Crippen LogP contribution in [0, 0.1) is 17.6 Å². The number of nitrogens with zero attached hydrogens (tertiary/aromatic N) is 6. The summed E-state index contributed by atoms with van der Waals surface area (Å²) < 4.78 is 37.1. The largest absolute Gasteiger partial charge is 0.377 e. The van der Waals surface area contributed by atoms with Crippen LogP contribution in [-0.4, -0.2) is 56.6 Å². The molecule has 10 nitrogen and oxygen atoms in total. The van der Waals surface area contributed by atoms with Gasteiger partial charge in [0.2, 0.25) is 0 Å². The van der Waals surface area contributed by atoms with Crippen molar-refractivity contribution in [3.8, 4) is 11.3 Å². The quantitative estimate of drug-likeness (QED) is 0.304. The maximum atomic E-state index is 15.1. The lowest BCUT2D eigenvalue weighted by molar-refractivity contribution is 0.102.